The zero-order valence-corrected chi connectivity index (χ0v) is 12.6. The summed E-state index contributed by atoms with van der Waals surface area (Å²) in [4.78, 5) is 14.1. The van der Waals surface area contributed by atoms with Crippen LogP contribution >= 0.6 is 0 Å². The highest BCUT2D eigenvalue weighted by Gasteiger charge is 2.20. The van der Waals surface area contributed by atoms with Crippen LogP contribution in [0.25, 0.3) is 0 Å². The molecule has 0 aliphatic heterocycles. The molecule has 0 aliphatic rings. The number of benzene rings is 1. The van der Waals surface area contributed by atoms with Gasteiger partial charge in [0, 0.05) is 12.1 Å². The van der Waals surface area contributed by atoms with E-state index < -0.39 is 0 Å². The molecule has 0 unspecified atom stereocenters. The average Bonchev–Trinajstić information content (AvgIpc) is 2.35. The van der Waals surface area contributed by atoms with E-state index in [4.69, 9.17) is 4.74 Å². The van der Waals surface area contributed by atoms with E-state index in [2.05, 4.69) is 6.92 Å². The SMILES string of the molecule is CCc1ccccc1OCC(=O)N(C(C)C)C(C)C. The maximum absolute atomic E-state index is 12.2. The predicted molar refractivity (Wildman–Crippen MR) is 78.4 cm³/mol. The molecule has 0 aromatic heterocycles. The smallest absolute Gasteiger partial charge is 0.260 e. The molecular weight excluding hydrogens is 238 g/mol. The van der Waals surface area contributed by atoms with Crippen molar-refractivity contribution >= 4 is 5.91 Å². The largest absolute Gasteiger partial charge is 0.483 e. The molecule has 1 rings (SSSR count). The van der Waals surface area contributed by atoms with Crippen molar-refractivity contribution in [2.75, 3.05) is 6.61 Å². The van der Waals surface area contributed by atoms with Gasteiger partial charge in [-0.2, -0.15) is 0 Å². The van der Waals surface area contributed by atoms with Crippen molar-refractivity contribution in [3.63, 3.8) is 0 Å². The Bertz CT molecular complexity index is 405. The third kappa shape index (κ3) is 4.27. The Morgan fingerprint density at radius 1 is 1.16 bits per heavy atom. The van der Waals surface area contributed by atoms with Crippen LogP contribution < -0.4 is 4.74 Å². The van der Waals surface area contributed by atoms with Crippen LogP contribution in [0.5, 0.6) is 5.75 Å². The highest BCUT2D eigenvalue weighted by molar-refractivity contribution is 5.78. The Morgan fingerprint density at radius 3 is 2.26 bits per heavy atom. The third-order valence-electron chi connectivity index (χ3n) is 3.11. The minimum absolute atomic E-state index is 0.0379. The second-order valence-corrected chi connectivity index (χ2v) is 5.24. The van der Waals surface area contributed by atoms with Gasteiger partial charge in [0.05, 0.1) is 0 Å². The van der Waals surface area contributed by atoms with E-state index in [1.807, 2.05) is 56.9 Å². The normalized spacial score (nSPS) is 10.9. The summed E-state index contributed by atoms with van der Waals surface area (Å²) in [7, 11) is 0. The third-order valence-corrected chi connectivity index (χ3v) is 3.11. The van der Waals surface area contributed by atoms with Crippen molar-refractivity contribution < 1.29 is 9.53 Å². The molecule has 0 spiro atoms. The molecule has 106 valence electrons. The second kappa shape index (κ2) is 7.17. The molecule has 0 aliphatic carbocycles. The zero-order valence-electron chi connectivity index (χ0n) is 12.6. The number of ether oxygens (including phenoxy) is 1. The number of carbonyl (C=O) groups excluding carboxylic acids is 1. The first kappa shape index (κ1) is 15.5. The number of nitrogens with zero attached hydrogens (tertiary/aromatic N) is 1. The van der Waals surface area contributed by atoms with E-state index in [-0.39, 0.29) is 24.6 Å². The predicted octanol–water partition coefficient (Wildman–Crippen LogP) is 3.27. The molecular formula is C16H25NO2. The van der Waals surface area contributed by atoms with Crippen LogP contribution in [0.4, 0.5) is 0 Å². The Kier molecular flexibility index (Phi) is 5.87. The second-order valence-electron chi connectivity index (χ2n) is 5.24. The topological polar surface area (TPSA) is 29.5 Å². The fourth-order valence-electron chi connectivity index (χ4n) is 2.32. The van der Waals surface area contributed by atoms with Gasteiger partial charge in [-0.05, 0) is 45.7 Å². The van der Waals surface area contributed by atoms with E-state index in [1.54, 1.807) is 0 Å². The van der Waals surface area contributed by atoms with Crippen LogP contribution in [0.15, 0.2) is 24.3 Å². The van der Waals surface area contributed by atoms with Crippen LogP contribution in [-0.4, -0.2) is 29.5 Å². The van der Waals surface area contributed by atoms with Crippen molar-refractivity contribution in [1.29, 1.82) is 0 Å². The van der Waals surface area contributed by atoms with Crippen molar-refractivity contribution in [2.45, 2.75) is 53.1 Å². The molecule has 0 saturated heterocycles. The first-order valence-electron chi connectivity index (χ1n) is 6.99. The summed E-state index contributed by atoms with van der Waals surface area (Å²) in [6.07, 6.45) is 0.905. The van der Waals surface area contributed by atoms with Gasteiger partial charge in [0.25, 0.3) is 5.91 Å². The van der Waals surface area contributed by atoms with Gasteiger partial charge in [-0.1, -0.05) is 25.1 Å². The summed E-state index contributed by atoms with van der Waals surface area (Å²) in [5, 5.41) is 0. The lowest BCUT2D eigenvalue weighted by Crippen LogP contribution is -2.44. The molecule has 1 aromatic carbocycles. The molecule has 0 fully saturated rings. The average molecular weight is 263 g/mol. The van der Waals surface area contributed by atoms with Crippen molar-refractivity contribution in [3.8, 4) is 5.75 Å². The van der Waals surface area contributed by atoms with Crippen LogP contribution in [0.3, 0.4) is 0 Å². The van der Waals surface area contributed by atoms with Gasteiger partial charge in [0.15, 0.2) is 6.61 Å². The van der Waals surface area contributed by atoms with Crippen molar-refractivity contribution in [1.82, 2.24) is 4.90 Å². The highest BCUT2D eigenvalue weighted by atomic mass is 16.5. The minimum Gasteiger partial charge on any atom is -0.483 e. The van der Waals surface area contributed by atoms with E-state index in [1.165, 1.54) is 0 Å². The summed E-state index contributed by atoms with van der Waals surface area (Å²) in [5.74, 6) is 0.849. The number of para-hydroxylation sites is 1. The Morgan fingerprint density at radius 2 is 1.74 bits per heavy atom. The molecule has 0 heterocycles. The molecule has 0 bridgehead atoms. The van der Waals surface area contributed by atoms with Crippen LogP contribution in [0, 0.1) is 0 Å². The van der Waals surface area contributed by atoms with Crippen LogP contribution in [0.1, 0.15) is 40.2 Å². The highest BCUT2D eigenvalue weighted by Crippen LogP contribution is 2.18. The number of rotatable bonds is 6. The van der Waals surface area contributed by atoms with Gasteiger partial charge in [-0.25, -0.2) is 0 Å². The molecule has 0 saturated carbocycles. The first-order valence-corrected chi connectivity index (χ1v) is 6.99. The Labute approximate surface area is 116 Å². The van der Waals surface area contributed by atoms with Crippen molar-refractivity contribution in [2.24, 2.45) is 0 Å². The fourth-order valence-corrected chi connectivity index (χ4v) is 2.32. The molecule has 3 nitrogen and oxygen atoms in total. The van der Waals surface area contributed by atoms with E-state index in [0.717, 1.165) is 17.7 Å². The van der Waals surface area contributed by atoms with Gasteiger partial charge >= 0.3 is 0 Å². The Hall–Kier alpha value is -1.51. The lowest BCUT2D eigenvalue weighted by molar-refractivity contribution is -0.137. The quantitative estimate of drug-likeness (QED) is 0.788. The fraction of sp³-hybridized carbons (Fsp3) is 0.562. The molecule has 0 N–H and O–H groups in total. The van der Waals surface area contributed by atoms with E-state index in [0.29, 0.717) is 0 Å². The van der Waals surface area contributed by atoms with Crippen molar-refractivity contribution in [3.05, 3.63) is 29.8 Å². The van der Waals surface area contributed by atoms with E-state index >= 15 is 0 Å². The number of hydrogen-bond donors (Lipinski definition) is 0. The summed E-state index contributed by atoms with van der Waals surface area (Å²) in [5.41, 5.74) is 1.14. The number of aryl methyl sites for hydroxylation is 1. The maximum Gasteiger partial charge on any atom is 0.260 e. The minimum atomic E-state index is 0.0379. The van der Waals surface area contributed by atoms with Crippen LogP contribution in [-0.2, 0) is 11.2 Å². The van der Waals surface area contributed by atoms with Gasteiger partial charge in [-0.3, -0.25) is 4.79 Å². The molecule has 3 heteroatoms. The first-order chi connectivity index (χ1) is 8.97. The summed E-state index contributed by atoms with van der Waals surface area (Å²) >= 11 is 0. The Balaban J connectivity index is 2.68. The van der Waals surface area contributed by atoms with Gasteiger partial charge < -0.3 is 9.64 Å². The number of carbonyl (C=O) groups is 1. The van der Waals surface area contributed by atoms with E-state index in [9.17, 15) is 4.79 Å². The van der Waals surface area contributed by atoms with Gasteiger partial charge in [-0.15, -0.1) is 0 Å². The van der Waals surface area contributed by atoms with Crippen LogP contribution in [0.2, 0.25) is 0 Å². The summed E-state index contributed by atoms with van der Waals surface area (Å²) in [6, 6.07) is 8.25. The standard InChI is InChI=1S/C16H25NO2/c1-6-14-9-7-8-10-15(14)19-11-16(18)17(12(2)3)13(4)5/h7-10,12-13H,6,11H2,1-5H3. The molecule has 19 heavy (non-hydrogen) atoms. The number of amides is 1. The molecule has 1 amide bonds. The zero-order chi connectivity index (χ0) is 14.4. The lowest BCUT2D eigenvalue weighted by Gasteiger charge is -2.30. The van der Waals surface area contributed by atoms with Gasteiger partial charge in [0.2, 0.25) is 0 Å². The maximum atomic E-state index is 12.2. The summed E-state index contributed by atoms with van der Waals surface area (Å²) in [6.45, 7) is 10.3. The number of hydrogen-bond acceptors (Lipinski definition) is 2. The van der Waals surface area contributed by atoms with Gasteiger partial charge in [0.1, 0.15) is 5.75 Å². The lowest BCUT2D eigenvalue weighted by atomic mass is 10.1. The molecule has 1 aromatic rings. The molecule has 0 radical (unpaired) electrons. The molecule has 0 atom stereocenters. The monoisotopic (exact) mass is 263 g/mol. The summed E-state index contributed by atoms with van der Waals surface area (Å²) < 4.78 is 5.68.